The highest BCUT2D eigenvalue weighted by Crippen LogP contribution is 2.34. The van der Waals surface area contributed by atoms with Crippen molar-refractivity contribution in [2.45, 2.75) is 51.1 Å². The second kappa shape index (κ2) is 3.54. The number of carbonyl (C=O) groups is 1. The van der Waals surface area contributed by atoms with Gasteiger partial charge in [-0.25, -0.2) is 0 Å². The van der Waals surface area contributed by atoms with Gasteiger partial charge in [0.05, 0.1) is 6.04 Å². The highest BCUT2D eigenvalue weighted by atomic mass is 16.2. The van der Waals surface area contributed by atoms with Gasteiger partial charge in [-0.1, -0.05) is 0 Å². The van der Waals surface area contributed by atoms with E-state index in [0.717, 1.165) is 13.1 Å². The van der Waals surface area contributed by atoms with E-state index in [9.17, 15) is 4.79 Å². The van der Waals surface area contributed by atoms with E-state index in [1.165, 1.54) is 25.7 Å². The van der Waals surface area contributed by atoms with Gasteiger partial charge in [0.25, 0.3) is 0 Å². The molecule has 1 saturated heterocycles. The van der Waals surface area contributed by atoms with Gasteiger partial charge in [-0.05, 0) is 39.5 Å². The monoisotopic (exact) mass is 196 g/mol. The van der Waals surface area contributed by atoms with Gasteiger partial charge in [-0.2, -0.15) is 0 Å². The minimum Gasteiger partial charge on any atom is -0.341 e. The van der Waals surface area contributed by atoms with Crippen molar-refractivity contribution in [1.29, 1.82) is 0 Å². The Morgan fingerprint density at radius 2 is 1.93 bits per heavy atom. The summed E-state index contributed by atoms with van der Waals surface area (Å²) in [6, 6.07) is 0.000556. The van der Waals surface area contributed by atoms with Crippen molar-refractivity contribution in [3.8, 4) is 0 Å². The van der Waals surface area contributed by atoms with E-state index in [0.29, 0.717) is 0 Å². The van der Waals surface area contributed by atoms with Crippen LogP contribution >= 0.6 is 0 Å². The zero-order valence-corrected chi connectivity index (χ0v) is 9.18. The van der Waals surface area contributed by atoms with Crippen LogP contribution in [0.15, 0.2) is 0 Å². The molecule has 1 aliphatic heterocycles. The Morgan fingerprint density at radius 1 is 1.36 bits per heavy atom. The molecular formula is C11H20N2O. The van der Waals surface area contributed by atoms with Crippen LogP contribution in [0.1, 0.15) is 39.5 Å². The van der Waals surface area contributed by atoms with E-state index in [-0.39, 0.29) is 17.5 Å². The summed E-state index contributed by atoms with van der Waals surface area (Å²) < 4.78 is 0. The first kappa shape index (κ1) is 9.97. The second-order valence-electron chi connectivity index (χ2n) is 4.96. The lowest BCUT2D eigenvalue weighted by Gasteiger charge is -2.23. The zero-order valence-electron chi connectivity index (χ0n) is 9.18. The normalized spacial score (nSPS) is 26.3. The zero-order chi connectivity index (χ0) is 10.2. The molecule has 14 heavy (non-hydrogen) atoms. The summed E-state index contributed by atoms with van der Waals surface area (Å²) in [6.07, 6.45) is 4.78. The van der Waals surface area contributed by atoms with Crippen LogP contribution in [0.5, 0.6) is 0 Å². The van der Waals surface area contributed by atoms with Gasteiger partial charge in [-0.15, -0.1) is 0 Å². The summed E-state index contributed by atoms with van der Waals surface area (Å²) in [5, 5.41) is 3.42. The van der Waals surface area contributed by atoms with Crippen molar-refractivity contribution < 1.29 is 4.79 Å². The van der Waals surface area contributed by atoms with E-state index >= 15 is 0 Å². The summed E-state index contributed by atoms with van der Waals surface area (Å²) in [4.78, 5) is 13.9. The molecule has 1 atom stereocenters. The molecule has 3 nitrogen and oxygen atoms in total. The summed E-state index contributed by atoms with van der Waals surface area (Å²) in [7, 11) is 0. The van der Waals surface area contributed by atoms with Crippen molar-refractivity contribution in [1.82, 2.24) is 10.2 Å². The molecule has 0 aromatic carbocycles. The molecule has 3 heteroatoms. The summed E-state index contributed by atoms with van der Waals surface area (Å²) >= 11 is 0. The highest BCUT2D eigenvalue weighted by molar-refractivity contribution is 5.81. The summed E-state index contributed by atoms with van der Waals surface area (Å²) in [5.74, 6) is 0.288. The largest absolute Gasteiger partial charge is 0.341 e. The van der Waals surface area contributed by atoms with Gasteiger partial charge in [0, 0.05) is 18.6 Å². The first-order chi connectivity index (χ1) is 6.61. The van der Waals surface area contributed by atoms with Crippen LogP contribution in [0, 0.1) is 0 Å². The number of rotatable bonds is 3. The van der Waals surface area contributed by atoms with E-state index in [2.05, 4.69) is 12.2 Å². The molecule has 0 bridgehead atoms. The third-order valence-corrected chi connectivity index (χ3v) is 3.35. The molecule has 0 spiro atoms. The Hall–Kier alpha value is -0.570. The molecule has 2 aliphatic rings. The van der Waals surface area contributed by atoms with E-state index < -0.39 is 0 Å². The third-order valence-electron chi connectivity index (χ3n) is 3.35. The van der Waals surface area contributed by atoms with Crippen molar-refractivity contribution in [3.63, 3.8) is 0 Å². The predicted octanol–water partition coefficient (Wildman–Crippen LogP) is 1.14. The molecule has 1 saturated carbocycles. The van der Waals surface area contributed by atoms with Crippen LogP contribution in [0.4, 0.5) is 0 Å². The van der Waals surface area contributed by atoms with Crippen LogP contribution in [0.2, 0.25) is 0 Å². The quantitative estimate of drug-likeness (QED) is 0.734. The fourth-order valence-corrected chi connectivity index (χ4v) is 2.13. The average Bonchev–Trinajstić information content (AvgIpc) is 2.72. The number of hydrogen-bond acceptors (Lipinski definition) is 2. The summed E-state index contributed by atoms with van der Waals surface area (Å²) in [6.45, 7) is 6.11. The van der Waals surface area contributed by atoms with Gasteiger partial charge < -0.3 is 10.2 Å². The van der Waals surface area contributed by atoms with Crippen LogP contribution < -0.4 is 5.32 Å². The van der Waals surface area contributed by atoms with E-state index in [4.69, 9.17) is 0 Å². The average molecular weight is 196 g/mol. The third kappa shape index (κ3) is 2.08. The van der Waals surface area contributed by atoms with Gasteiger partial charge in [0.1, 0.15) is 0 Å². The number of likely N-dealkylation sites (tertiary alicyclic amines) is 1. The SMILES string of the molecule is CC(NC1(C)CC1)C(=O)N1CCCC1. The topological polar surface area (TPSA) is 32.3 Å². The molecule has 2 rings (SSSR count). The maximum Gasteiger partial charge on any atom is 0.239 e. The van der Waals surface area contributed by atoms with Crippen molar-refractivity contribution >= 4 is 5.91 Å². The predicted molar refractivity (Wildman–Crippen MR) is 56.1 cm³/mol. The minimum atomic E-state index is 0.000556. The Kier molecular flexibility index (Phi) is 2.52. The minimum absolute atomic E-state index is 0.000556. The number of nitrogens with zero attached hydrogens (tertiary/aromatic N) is 1. The van der Waals surface area contributed by atoms with Crippen LogP contribution in [-0.4, -0.2) is 35.5 Å². The molecule has 80 valence electrons. The van der Waals surface area contributed by atoms with Crippen LogP contribution in [-0.2, 0) is 4.79 Å². The fraction of sp³-hybridized carbons (Fsp3) is 0.909. The molecule has 0 radical (unpaired) electrons. The van der Waals surface area contributed by atoms with Gasteiger partial charge in [0.2, 0.25) is 5.91 Å². The molecule has 2 fully saturated rings. The van der Waals surface area contributed by atoms with Crippen LogP contribution in [0.3, 0.4) is 0 Å². The number of nitrogens with one attached hydrogen (secondary N) is 1. The molecule has 1 N–H and O–H groups in total. The lowest BCUT2D eigenvalue weighted by Crippen LogP contribution is -2.47. The fourth-order valence-electron chi connectivity index (χ4n) is 2.13. The molecule has 1 amide bonds. The van der Waals surface area contributed by atoms with Crippen LogP contribution in [0.25, 0.3) is 0 Å². The Morgan fingerprint density at radius 3 is 2.43 bits per heavy atom. The van der Waals surface area contributed by atoms with E-state index in [1.807, 2.05) is 11.8 Å². The maximum atomic E-state index is 11.9. The first-order valence-electron chi connectivity index (χ1n) is 5.67. The molecule has 1 unspecified atom stereocenters. The summed E-state index contributed by atoms with van der Waals surface area (Å²) in [5.41, 5.74) is 0.259. The van der Waals surface area contributed by atoms with Crippen molar-refractivity contribution in [3.05, 3.63) is 0 Å². The lowest BCUT2D eigenvalue weighted by molar-refractivity contribution is -0.132. The van der Waals surface area contributed by atoms with Crippen molar-refractivity contribution in [2.75, 3.05) is 13.1 Å². The van der Waals surface area contributed by atoms with E-state index in [1.54, 1.807) is 0 Å². The van der Waals surface area contributed by atoms with Gasteiger partial charge in [0.15, 0.2) is 0 Å². The molecule has 1 aliphatic carbocycles. The first-order valence-corrected chi connectivity index (χ1v) is 5.67. The second-order valence-corrected chi connectivity index (χ2v) is 4.96. The number of amides is 1. The van der Waals surface area contributed by atoms with Gasteiger partial charge in [-0.3, -0.25) is 4.79 Å². The maximum absolute atomic E-state index is 11.9. The standard InChI is InChI=1S/C11H20N2O/c1-9(12-11(2)5-6-11)10(14)13-7-3-4-8-13/h9,12H,3-8H2,1-2H3. The molecule has 0 aromatic heterocycles. The highest BCUT2D eigenvalue weighted by Gasteiger charge is 2.39. The molecule has 1 heterocycles. The Labute approximate surface area is 85.8 Å². The number of carbonyl (C=O) groups excluding carboxylic acids is 1. The number of hydrogen-bond donors (Lipinski definition) is 1. The smallest absolute Gasteiger partial charge is 0.239 e. The Bertz CT molecular complexity index is 229. The Balaban J connectivity index is 1.83. The van der Waals surface area contributed by atoms with Gasteiger partial charge >= 0.3 is 0 Å². The molecule has 0 aromatic rings. The lowest BCUT2D eigenvalue weighted by atomic mass is 10.2. The molecular weight excluding hydrogens is 176 g/mol. The van der Waals surface area contributed by atoms with Crippen molar-refractivity contribution in [2.24, 2.45) is 0 Å².